The van der Waals surface area contributed by atoms with Gasteiger partial charge in [0.1, 0.15) is 0 Å². The quantitative estimate of drug-likeness (QED) is 0.773. The predicted octanol–water partition coefficient (Wildman–Crippen LogP) is 0.701. The minimum Gasteiger partial charge on any atom is -0.326 e. The molecule has 2 aromatic heterocycles. The molecule has 15 heavy (non-hydrogen) atoms. The van der Waals surface area contributed by atoms with Crippen LogP contribution in [0.2, 0.25) is 0 Å². The number of hydrogen-bond donors (Lipinski definition) is 1. The van der Waals surface area contributed by atoms with Gasteiger partial charge in [0.05, 0.1) is 0 Å². The van der Waals surface area contributed by atoms with Gasteiger partial charge in [-0.2, -0.15) is 0 Å². The van der Waals surface area contributed by atoms with Gasteiger partial charge in [0, 0.05) is 36.9 Å². The Bertz CT molecular complexity index is 434. The fraction of sp³-hybridized carbons (Fsp3) is 0.200. The van der Waals surface area contributed by atoms with Crippen LogP contribution in [0.3, 0.4) is 0 Å². The van der Waals surface area contributed by atoms with Crippen molar-refractivity contribution in [2.45, 2.75) is 13.5 Å². The Morgan fingerprint density at radius 1 is 0.933 bits per heavy atom. The normalized spacial score (nSPS) is 10.3. The van der Waals surface area contributed by atoms with Gasteiger partial charge in [-0.15, -0.1) is 0 Å². The molecule has 2 rings (SSSR count). The molecule has 0 aliphatic rings. The van der Waals surface area contributed by atoms with Gasteiger partial charge in [-0.3, -0.25) is 0 Å². The molecule has 2 heterocycles. The van der Waals surface area contributed by atoms with E-state index in [1.165, 1.54) is 0 Å². The van der Waals surface area contributed by atoms with Crippen molar-refractivity contribution >= 4 is 0 Å². The lowest BCUT2D eigenvalue weighted by molar-refractivity contribution is 0.993. The maximum absolute atomic E-state index is 5.45. The molecule has 5 nitrogen and oxygen atoms in total. The first kappa shape index (κ1) is 9.67. The number of nitrogens with zero attached hydrogens (tertiary/aromatic N) is 4. The summed E-state index contributed by atoms with van der Waals surface area (Å²) in [6, 6.07) is 0. The van der Waals surface area contributed by atoms with Crippen LogP contribution < -0.4 is 5.73 Å². The number of rotatable bonds is 2. The van der Waals surface area contributed by atoms with E-state index < -0.39 is 0 Å². The summed E-state index contributed by atoms with van der Waals surface area (Å²) in [6.07, 6.45) is 6.85. The molecule has 0 radical (unpaired) electrons. The highest BCUT2D eigenvalue weighted by Gasteiger charge is 2.03. The van der Waals surface area contributed by atoms with Gasteiger partial charge in [-0.05, 0) is 12.5 Å². The van der Waals surface area contributed by atoms with E-state index >= 15 is 0 Å². The molecule has 0 aliphatic heterocycles. The van der Waals surface area contributed by atoms with Crippen molar-refractivity contribution in [2.24, 2.45) is 5.73 Å². The van der Waals surface area contributed by atoms with Crippen LogP contribution in [-0.4, -0.2) is 19.9 Å². The summed E-state index contributed by atoms with van der Waals surface area (Å²) in [5, 5.41) is 0. The van der Waals surface area contributed by atoms with Crippen molar-refractivity contribution in [3.05, 3.63) is 35.9 Å². The van der Waals surface area contributed by atoms with E-state index in [1.54, 1.807) is 24.8 Å². The zero-order valence-corrected chi connectivity index (χ0v) is 8.38. The van der Waals surface area contributed by atoms with E-state index in [-0.39, 0.29) is 0 Å². The van der Waals surface area contributed by atoms with E-state index in [2.05, 4.69) is 19.9 Å². The fourth-order valence-electron chi connectivity index (χ4n) is 1.08. The van der Waals surface area contributed by atoms with Crippen molar-refractivity contribution in [1.29, 1.82) is 0 Å². The Morgan fingerprint density at radius 2 is 1.40 bits per heavy atom. The van der Waals surface area contributed by atoms with Crippen molar-refractivity contribution < 1.29 is 0 Å². The lowest BCUT2D eigenvalue weighted by Gasteiger charge is -1.99. The zero-order chi connectivity index (χ0) is 10.7. The summed E-state index contributed by atoms with van der Waals surface area (Å²) < 4.78 is 0. The van der Waals surface area contributed by atoms with Crippen molar-refractivity contribution in [1.82, 2.24) is 19.9 Å². The van der Waals surface area contributed by atoms with E-state index in [9.17, 15) is 0 Å². The number of aromatic nitrogens is 4. The molecule has 0 aromatic carbocycles. The summed E-state index contributed by atoms with van der Waals surface area (Å²) in [5.41, 5.74) is 7.35. The number of hydrogen-bond acceptors (Lipinski definition) is 5. The molecule has 0 aliphatic carbocycles. The van der Waals surface area contributed by atoms with Gasteiger partial charge in [0.15, 0.2) is 11.6 Å². The SMILES string of the molecule is Cc1cnc(-c2ncc(CN)cn2)nc1. The second kappa shape index (κ2) is 4.10. The molecule has 0 bridgehead atoms. The molecule has 0 atom stereocenters. The van der Waals surface area contributed by atoms with Gasteiger partial charge in [-0.1, -0.05) is 0 Å². The van der Waals surface area contributed by atoms with Crippen LogP contribution >= 0.6 is 0 Å². The second-order valence-electron chi connectivity index (χ2n) is 3.20. The largest absolute Gasteiger partial charge is 0.326 e. The van der Waals surface area contributed by atoms with Crippen LogP contribution in [0, 0.1) is 6.92 Å². The molecule has 0 unspecified atom stereocenters. The number of nitrogens with two attached hydrogens (primary N) is 1. The summed E-state index contributed by atoms with van der Waals surface area (Å²) in [7, 11) is 0. The highest BCUT2D eigenvalue weighted by Crippen LogP contribution is 2.07. The van der Waals surface area contributed by atoms with Crippen molar-refractivity contribution in [3.8, 4) is 11.6 Å². The average molecular weight is 201 g/mol. The third kappa shape index (κ3) is 2.13. The van der Waals surface area contributed by atoms with Crippen LogP contribution in [0.4, 0.5) is 0 Å². The van der Waals surface area contributed by atoms with Gasteiger partial charge in [-0.25, -0.2) is 19.9 Å². The minimum atomic E-state index is 0.440. The Morgan fingerprint density at radius 3 is 1.87 bits per heavy atom. The second-order valence-corrected chi connectivity index (χ2v) is 3.20. The standard InChI is InChI=1S/C10H11N5/c1-7-3-12-9(13-4-7)10-14-5-8(2-11)6-15-10/h3-6H,2,11H2,1H3. The molecule has 2 aromatic rings. The van der Waals surface area contributed by atoms with Gasteiger partial charge >= 0.3 is 0 Å². The third-order valence-corrected chi connectivity index (χ3v) is 1.92. The molecule has 0 amide bonds. The lowest BCUT2D eigenvalue weighted by Crippen LogP contribution is -2.00. The summed E-state index contributed by atoms with van der Waals surface area (Å²) >= 11 is 0. The van der Waals surface area contributed by atoms with Gasteiger partial charge in [0.25, 0.3) is 0 Å². The average Bonchev–Trinajstić information content (AvgIpc) is 2.30. The summed E-state index contributed by atoms with van der Waals surface area (Å²) in [4.78, 5) is 16.5. The maximum Gasteiger partial charge on any atom is 0.197 e. The monoisotopic (exact) mass is 201 g/mol. The van der Waals surface area contributed by atoms with Crippen LogP contribution in [0.1, 0.15) is 11.1 Å². The lowest BCUT2D eigenvalue weighted by atomic mass is 10.3. The van der Waals surface area contributed by atoms with Crippen LogP contribution in [0.5, 0.6) is 0 Å². The Hall–Kier alpha value is -1.88. The summed E-state index contributed by atoms with van der Waals surface area (Å²) in [6.45, 7) is 2.37. The summed E-state index contributed by atoms with van der Waals surface area (Å²) in [5.74, 6) is 1.05. The molecular formula is C10H11N5. The highest BCUT2D eigenvalue weighted by molar-refractivity contribution is 5.41. The molecule has 0 spiro atoms. The first-order valence-electron chi connectivity index (χ1n) is 4.59. The molecule has 0 saturated carbocycles. The van der Waals surface area contributed by atoms with E-state index in [1.807, 2.05) is 6.92 Å². The smallest absolute Gasteiger partial charge is 0.197 e. The molecule has 76 valence electrons. The maximum atomic E-state index is 5.45. The van der Waals surface area contributed by atoms with Crippen LogP contribution in [-0.2, 0) is 6.54 Å². The first-order valence-corrected chi connectivity index (χ1v) is 4.59. The molecule has 5 heteroatoms. The molecule has 2 N–H and O–H groups in total. The van der Waals surface area contributed by atoms with Crippen LogP contribution in [0.25, 0.3) is 11.6 Å². The predicted molar refractivity (Wildman–Crippen MR) is 55.7 cm³/mol. The highest BCUT2D eigenvalue weighted by atomic mass is 15.0. The Kier molecular flexibility index (Phi) is 2.64. The first-order chi connectivity index (χ1) is 7.29. The molecular weight excluding hydrogens is 190 g/mol. The Balaban J connectivity index is 2.33. The Labute approximate surface area is 87.4 Å². The minimum absolute atomic E-state index is 0.440. The molecule has 0 saturated heterocycles. The number of aryl methyl sites for hydroxylation is 1. The van der Waals surface area contributed by atoms with Crippen molar-refractivity contribution in [2.75, 3.05) is 0 Å². The fourth-order valence-corrected chi connectivity index (χ4v) is 1.08. The van der Waals surface area contributed by atoms with Gasteiger partial charge in [0.2, 0.25) is 0 Å². The van der Waals surface area contributed by atoms with Crippen LogP contribution in [0.15, 0.2) is 24.8 Å². The topological polar surface area (TPSA) is 77.6 Å². The van der Waals surface area contributed by atoms with E-state index in [4.69, 9.17) is 5.73 Å². The van der Waals surface area contributed by atoms with E-state index in [0.29, 0.717) is 18.2 Å². The third-order valence-electron chi connectivity index (χ3n) is 1.92. The van der Waals surface area contributed by atoms with E-state index in [0.717, 1.165) is 11.1 Å². The van der Waals surface area contributed by atoms with Crippen molar-refractivity contribution in [3.63, 3.8) is 0 Å². The van der Waals surface area contributed by atoms with Gasteiger partial charge < -0.3 is 5.73 Å². The zero-order valence-electron chi connectivity index (χ0n) is 8.38. The molecule has 0 fully saturated rings.